The predicted octanol–water partition coefficient (Wildman–Crippen LogP) is 2.67. The summed E-state index contributed by atoms with van der Waals surface area (Å²) in [5.41, 5.74) is 2.10. The van der Waals surface area contributed by atoms with Crippen molar-refractivity contribution in [1.82, 2.24) is 14.7 Å². The van der Waals surface area contributed by atoms with Gasteiger partial charge in [0.25, 0.3) is 5.56 Å². The molecule has 2 aromatic rings. The van der Waals surface area contributed by atoms with Crippen LogP contribution in [0.2, 0.25) is 0 Å². The van der Waals surface area contributed by atoms with Gasteiger partial charge >= 0.3 is 0 Å². The van der Waals surface area contributed by atoms with Gasteiger partial charge in [-0.1, -0.05) is 26.8 Å². The third-order valence-corrected chi connectivity index (χ3v) is 5.34. The summed E-state index contributed by atoms with van der Waals surface area (Å²) in [6.45, 7) is 9.27. The van der Waals surface area contributed by atoms with E-state index in [2.05, 4.69) is 31.1 Å². The monoisotopic (exact) mass is 343 g/mol. The first-order valence-corrected chi connectivity index (χ1v) is 9.08. The van der Waals surface area contributed by atoms with Gasteiger partial charge < -0.3 is 10.4 Å². The number of nitrogens with zero attached hydrogens (tertiary/aromatic N) is 2. The number of aliphatic hydroxyl groups is 1. The molecular formula is C20H29N3O2. The maximum absolute atomic E-state index is 12.4. The van der Waals surface area contributed by atoms with E-state index in [0.29, 0.717) is 18.1 Å². The van der Waals surface area contributed by atoms with E-state index in [1.165, 1.54) is 6.42 Å². The molecule has 1 saturated carbocycles. The lowest BCUT2D eigenvalue weighted by molar-refractivity contribution is 0.0350. The van der Waals surface area contributed by atoms with Crippen molar-refractivity contribution in [2.45, 2.75) is 59.0 Å². The molecule has 136 valence electrons. The highest BCUT2D eigenvalue weighted by Gasteiger charge is 2.42. The minimum Gasteiger partial charge on any atom is -0.394 e. The van der Waals surface area contributed by atoms with E-state index < -0.39 is 0 Å². The summed E-state index contributed by atoms with van der Waals surface area (Å²) >= 11 is 0. The molecule has 5 nitrogen and oxygen atoms in total. The fourth-order valence-electron chi connectivity index (χ4n) is 4.79. The van der Waals surface area contributed by atoms with E-state index in [-0.39, 0.29) is 23.1 Å². The van der Waals surface area contributed by atoms with Crippen molar-refractivity contribution in [3.05, 3.63) is 46.0 Å². The van der Waals surface area contributed by atoms with Gasteiger partial charge in [-0.2, -0.15) is 0 Å². The standard InChI is InChI=1S/C20H29N3O2/c1-14-9-19(3,4)12-20(10-14,13-24)21-11-16-8-18(25)23-15(2)6-5-7-17(23)22-16/h5-8,14,21,24H,9-13H2,1-4H3. The van der Waals surface area contributed by atoms with Crippen LogP contribution in [0.25, 0.3) is 5.65 Å². The van der Waals surface area contributed by atoms with Crippen LogP contribution in [-0.2, 0) is 6.54 Å². The molecule has 0 spiro atoms. The average molecular weight is 343 g/mol. The van der Waals surface area contributed by atoms with Crippen LogP contribution in [0.5, 0.6) is 0 Å². The van der Waals surface area contributed by atoms with Gasteiger partial charge in [-0.05, 0) is 49.7 Å². The molecule has 0 saturated heterocycles. The van der Waals surface area contributed by atoms with Crippen LogP contribution >= 0.6 is 0 Å². The molecule has 5 heteroatoms. The summed E-state index contributed by atoms with van der Waals surface area (Å²) in [4.78, 5) is 17.0. The highest BCUT2D eigenvalue weighted by Crippen LogP contribution is 2.43. The summed E-state index contributed by atoms with van der Waals surface area (Å²) in [6.07, 6.45) is 3.04. The van der Waals surface area contributed by atoms with E-state index in [1.54, 1.807) is 10.5 Å². The lowest BCUT2D eigenvalue weighted by Gasteiger charge is -2.47. The molecule has 0 aromatic carbocycles. The van der Waals surface area contributed by atoms with Gasteiger partial charge in [-0.25, -0.2) is 4.98 Å². The van der Waals surface area contributed by atoms with Crippen LogP contribution < -0.4 is 10.9 Å². The van der Waals surface area contributed by atoms with Gasteiger partial charge in [0.2, 0.25) is 0 Å². The van der Waals surface area contributed by atoms with Crippen molar-refractivity contribution in [2.75, 3.05) is 6.61 Å². The second-order valence-electron chi connectivity index (χ2n) is 8.59. The van der Waals surface area contributed by atoms with Gasteiger partial charge in [0, 0.05) is 23.8 Å². The van der Waals surface area contributed by atoms with E-state index in [9.17, 15) is 9.90 Å². The Morgan fingerprint density at radius 2 is 2.12 bits per heavy atom. The van der Waals surface area contributed by atoms with Gasteiger partial charge in [0.15, 0.2) is 0 Å². The normalized spacial score (nSPS) is 26.0. The lowest BCUT2D eigenvalue weighted by Crippen LogP contribution is -2.55. The Morgan fingerprint density at radius 1 is 1.36 bits per heavy atom. The SMILES string of the molecule is Cc1cccc2nc(CNC3(CO)CC(C)CC(C)(C)C3)cc(=O)n12. The first-order valence-electron chi connectivity index (χ1n) is 9.08. The zero-order valence-corrected chi connectivity index (χ0v) is 15.7. The highest BCUT2D eigenvalue weighted by atomic mass is 16.3. The number of aromatic nitrogens is 2. The van der Waals surface area contributed by atoms with Crippen molar-refractivity contribution in [1.29, 1.82) is 0 Å². The maximum atomic E-state index is 12.4. The Morgan fingerprint density at radius 3 is 2.80 bits per heavy atom. The van der Waals surface area contributed by atoms with Crippen LogP contribution in [0.4, 0.5) is 0 Å². The summed E-state index contributed by atoms with van der Waals surface area (Å²) in [6, 6.07) is 7.26. The molecule has 2 heterocycles. The minimum absolute atomic E-state index is 0.0599. The van der Waals surface area contributed by atoms with Crippen LogP contribution in [0.1, 0.15) is 51.4 Å². The van der Waals surface area contributed by atoms with E-state index in [4.69, 9.17) is 0 Å². The third kappa shape index (κ3) is 3.77. The number of pyridine rings is 1. The molecular weight excluding hydrogens is 314 g/mol. The molecule has 1 aliphatic rings. The van der Waals surface area contributed by atoms with Gasteiger partial charge in [0.1, 0.15) is 5.65 Å². The molecule has 1 fully saturated rings. The molecule has 0 aliphatic heterocycles. The largest absolute Gasteiger partial charge is 0.394 e. The second-order valence-corrected chi connectivity index (χ2v) is 8.59. The fraction of sp³-hybridized carbons (Fsp3) is 0.600. The van der Waals surface area contributed by atoms with Gasteiger partial charge in [-0.3, -0.25) is 9.20 Å². The Hall–Kier alpha value is -1.72. The molecule has 0 radical (unpaired) electrons. The minimum atomic E-state index is -0.305. The fourth-order valence-corrected chi connectivity index (χ4v) is 4.79. The molecule has 3 rings (SSSR count). The third-order valence-electron chi connectivity index (χ3n) is 5.34. The quantitative estimate of drug-likeness (QED) is 0.896. The highest BCUT2D eigenvalue weighted by molar-refractivity contribution is 5.40. The number of fused-ring (bicyclic) bond motifs is 1. The first-order chi connectivity index (χ1) is 11.7. The average Bonchev–Trinajstić information content (AvgIpc) is 2.51. The predicted molar refractivity (Wildman–Crippen MR) is 99.7 cm³/mol. The number of hydrogen-bond donors (Lipinski definition) is 2. The number of hydrogen-bond acceptors (Lipinski definition) is 4. The van der Waals surface area contributed by atoms with Crippen molar-refractivity contribution >= 4 is 5.65 Å². The van der Waals surface area contributed by atoms with E-state index >= 15 is 0 Å². The van der Waals surface area contributed by atoms with Crippen LogP contribution in [-0.4, -0.2) is 26.6 Å². The molecule has 1 aliphatic carbocycles. The van der Waals surface area contributed by atoms with Crippen LogP contribution in [0.15, 0.2) is 29.1 Å². The van der Waals surface area contributed by atoms with Crippen molar-refractivity contribution < 1.29 is 5.11 Å². The Bertz CT molecular complexity index is 827. The van der Waals surface area contributed by atoms with Gasteiger partial charge in [-0.15, -0.1) is 0 Å². The molecule has 2 aromatic heterocycles. The van der Waals surface area contributed by atoms with E-state index in [1.807, 2.05) is 25.1 Å². The molecule has 2 unspecified atom stereocenters. The zero-order chi connectivity index (χ0) is 18.2. The lowest BCUT2D eigenvalue weighted by atomic mass is 9.64. The summed E-state index contributed by atoms with van der Waals surface area (Å²) in [7, 11) is 0. The van der Waals surface area contributed by atoms with Crippen molar-refractivity contribution in [2.24, 2.45) is 11.3 Å². The number of aryl methyl sites for hydroxylation is 1. The number of rotatable bonds is 4. The Kier molecular flexibility index (Phi) is 4.73. The van der Waals surface area contributed by atoms with Crippen molar-refractivity contribution in [3.8, 4) is 0 Å². The molecule has 25 heavy (non-hydrogen) atoms. The first kappa shape index (κ1) is 18.1. The van der Waals surface area contributed by atoms with Gasteiger partial charge in [0.05, 0.1) is 12.3 Å². The maximum Gasteiger partial charge on any atom is 0.258 e. The smallest absolute Gasteiger partial charge is 0.258 e. The van der Waals surface area contributed by atoms with E-state index in [0.717, 1.165) is 24.2 Å². The van der Waals surface area contributed by atoms with Crippen LogP contribution in [0, 0.1) is 18.3 Å². The number of nitrogens with one attached hydrogen (secondary N) is 1. The Labute approximate surface area is 149 Å². The number of aliphatic hydroxyl groups excluding tert-OH is 1. The summed E-state index contributed by atoms with van der Waals surface area (Å²) in [5, 5.41) is 13.6. The topological polar surface area (TPSA) is 66.6 Å². The Balaban J connectivity index is 1.85. The van der Waals surface area contributed by atoms with Crippen molar-refractivity contribution in [3.63, 3.8) is 0 Å². The van der Waals surface area contributed by atoms with Crippen LogP contribution in [0.3, 0.4) is 0 Å². The summed E-state index contributed by atoms with van der Waals surface area (Å²) in [5.74, 6) is 0.557. The molecule has 2 N–H and O–H groups in total. The zero-order valence-electron chi connectivity index (χ0n) is 15.7. The molecule has 2 atom stereocenters. The molecule has 0 bridgehead atoms. The second kappa shape index (κ2) is 6.54. The molecule has 0 amide bonds. The summed E-state index contributed by atoms with van der Waals surface area (Å²) < 4.78 is 1.62.